The van der Waals surface area contributed by atoms with Crippen LogP contribution in [0.15, 0.2) is 64.4 Å². The van der Waals surface area contributed by atoms with E-state index >= 15 is 0 Å². The predicted molar refractivity (Wildman–Crippen MR) is 132 cm³/mol. The zero-order chi connectivity index (χ0) is 28.5. The summed E-state index contributed by atoms with van der Waals surface area (Å²) in [6, 6.07) is 7.87. The van der Waals surface area contributed by atoms with E-state index in [-0.39, 0.29) is 23.1 Å². The van der Waals surface area contributed by atoms with Crippen molar-refractivity contribution in [3.8, 4) is 5.69 Å². The summed E-state index contributed by atoms with van der Waals surface area (Å²) in [6.07, 6.45) is -2.22. The van der Waals surface area contributed by atoms with Crippen molar-refractivity contribution >= 4 is 34.6 Å². The molecule has 15 heteroatoms. The number of carbonyl (C=O) groups excluding carboxylic acids is 2. The first-order valence-corrected chi connectivity index (χ1v) is 11.1. The van der Waals surface area contributed by atoms with Crippen LogP contribution in [0.3, 0.4) is 0 Å². The summed E-state index contributed by atoms with van der Waals surface area (Å²) in [5, 5.41) is 14.0. The fourth-order valence-corrected chi connectivity index (χ4v) is 3.71. The van der Waals surface area contributed by atoms with Gasteiger partial charge in [-0.05, 0) is 48.0 Å². The van der Waals surface area contributed by atoms with E-state index in [0.29, 0.717) is 22.0 Å². The molecule has 0 aliphatic carbocycles. The molecule has 3 amide bonds. The molecule has 0 bridgehead atoms. The highest BCUT2D eigenvalue weighted by atomic mass is 19.4. The molecule has 0 unspecified atom stereocenters. The topological polar surface area (TPSA) is 167 Å². The Morgan fingerprint density at radius 3 is 2.36 bits per heavy atom. The van der Waals surface area contributed by atoms with Crippen molar-refractivity contribution in [1.82, 2.24) is 19.5 Å². The summed E-state index contributed by atoms with van der Waals surface area (Å²) in [5.74, 6) is -1.85. The van der Waals surface area contributed by atoms with Gasteiger partial charge >= 0.3 is 29.3 Å². The Labute approximate surface area is 215 Å². The maximum atomic E-state index is 13.9. The standard InChI is InChI=1S/C24H19F3N6O6/c1-12(34)31-33-19-9-18(16(24(25,26)27)8-17(19)30-20(35)21(33)36)32-7-6-13(11-32)10-28-23(39)29-15-4-2-14(3-5-15)22(37)38/h2-9,11H,10H2,1H3,(H,30,35)(H,31,34)(H,37,38)(H2,28,29,39). The van der Waals surface area contributed by atoms with Gasteiger partial charge in [0.1, 0.15) is 0 Å². The molecule has 5 N–H and O–H groups in total. The first-order chi connectivity index (χ1) is 18.3. The van der Waals surface area contributed by atoms with Crippen molar-refractivity contribution < 1.29 is 32.7 Å². The quantitative estimate of drug-likeness (QED) is 0.234. The second-order valence-electron chi connectivity index (χ2n) is 8.26. The van der Waals surface area contributed by atoms with Crippen molar-refractivity contribution in [2.75, 3.05) is 10.7 Å². The monoisotopic (exact) mass is 544 g/mol. The minimum Gasteiger partial charge on any atom is -0.478 e. The van der Waals surface area contributed by atoms with Crippen LogP contribution < -0.4 is 27.2 Å². The zero-order valence-electron chi connectivity index (χ0n) is 19.9. The van der Waals surface area contributed by atoms with Crippen LogP contribution in [0.5, 0.6) is 0 Å². The summed E-state index contributed by atoms with van der Waals surface area (Å²) in [6.45, 7) is 0.988. The Bertz CT molecular complexity index is 1720. The third-order valence-corrected chi connectivity index (χ3v) is 5.45. The molecule has 0 saturated heterocycles. The number of H-pyrrole nitrogens is 1. The molecule has 2 aromatic carbocycles. The lowest BCUT2D eigenvalue weighted by Crippen LogP contribution is -2.42. The molecule has 12 nitrogen and oxygen atoms in total. The number of hydrogen-bond acceptors (Lipinski definition) is 5. The van der Waals surface area contributed by atoms with Gasteiger partial charge in [0.25, 0.3) is 0 Å². The second-order valence-corrected chi connectivity index (χ2v) is 8.26. The van der Waals surface area contributed by atoms with Gasteiger partial charge in [-0.2, -0.15) is 13.2 Å². The molecule has 0 spiro atoms. The predicted octanol–water partition coefficient (Wildman–Crippen LogP) is 2.61. The number of aromatic carboxylic acids is 1. The van der Waals surface area contributed by atoms with Gasteiger partial charge in [-0.15, -0.1) is 0 Å². The van der Waals surface area contributed by atoms with Gasteiger partial charge in [0.15, 0.2) is 0 Å². The number of anilines is 1. The van der Waals surface area contributed by atoms with E-state index < -0.39 is 46.5 Å². The number of nitrogens with one attached hydrogen (secondary N) is 4. The Morgan fingerprint density at radius 1 is 1.05 bits per heavy atom. The van der Waals surface area contributed by atoms with Gasteiger partial charge in [0.05, 0.1) is 27.8 Å². The van der Waals surface area contributed by atoms with E-state index in [4.69, 9.17) is 5.11 Å². The number of halogens is 3. The third kappa shape index (κ3) is 5.82. The van der Waals surface area contributed by atoms with E-state index in [1.54, 1.807) is 0 Å². The number of nitrogens with zero attached hydrogens (tertiary/aromatic N) is 2. The summed E-state index contributed by atoms with van der Waals surface area (Å²) >= 11 is 0. The summed E-state index contributed by atoms with van der Waals surface area (Å²) < 4.78 is 43.5. The van der Waals surface area contributed by atoms with Gasteiger partial charge in [-0.25, -0.2) is 14.3 Å². The van der Waals surface area contributed by atoms with E-state index in [9.17, 15) is 37.1 Å². The molecule has 39 heavy (non-hydrogen) atoms. The fourth-order valence-electron chi connectivity index (χ4n) is 3.71. The number of amides is 3. The highest BCUT2D eigenvalue weighted by Gasteiger charge is 2.35. The average molecular weight is 544 g/mol. The van der Waals surface area contributed by atoms with Crippen molar-refractivity contribution in [2.24, 2.45) is 0 Å². The fraction of sp³-hybridized carbons (Fsp3) is 0.125. The lowest BCUT2D eigenvalue weighted by molar-refractivity contribution is -0.137. The molecular formula is C24H19F3N6O6. The molecule has 2 heterocycles. The smallest absolute Gasteiger partial charge is 0.418 e. The molecule has 0 aliphatic heterocycles. The number of carboxylic acid groups (broad SMARTS) is 1. The number of alkyl halides is 3. The molecule has 4 rings (SSSR count). The Morgan fingerprint density at radius 2 is 1.74 bits per heavy atom. The molecule has 0 fully saturated rings. The van der Waals surface area contributed by atoms with Crippen LogP contribution in [0.1, 0.15) is 28.4 Å². The Kier molecular flexibility index (Phi) is 6.99. The number of urea groups is 1. The molecule has 0 radical (unpaired) electrons. The van der Waals surface area contributed by atoms with Crippen LogP contribution >= 0.6 is 0 Å². The minimum atomic E-state index is -4.85. The number of carbonyl (C=O) groups is 3. The molecule has 0 saturated carbocycles. The minimum absolute atomic E-state index is 0.0367. The number of rotatable bonds is 6. The number of benzene rings is 2. The number of aromatic amines is 1. The van der Waals surface area contributed by atoms with Gasteiger partial charge in [-0.1, -0.05) is 0 Å². The molecule has 202 valence electrons. The molecule has 0 aliphatic rings. The molecule has 2 aromatic heterocycles. The number of fused-ring (bicyclic) bond motifs is 1. The van der Waals surface area contributed by atoms with Crippen molar-refractivity contribution in [1.29, 1.82) is 0 Å². The molecule has 4 aromatic rings. The number of hydrogen-bond donors (Lipinski definition) is 5. The normalized spacial score (nSPS) is 11.3. The van der Waals surface area contributed by atoms with E-state index in [0.717, 1.165) is 17.6 Å². The summed E-state index contributed by atoms with van der Waals surface area (Å²) in [7, 11) is 0. The SMILES string of the molecule is CC(=O)Nn1c(=O)c(=O)[nH]c2cc(C(F)(F)F)c(-n3ccc(CNC(=O)Nc4ccc(C(=O)O)cc4)c3)cc21. The van der Waals surface area contributed by atoms with Crippen molar-refractivity contribution in [3.05, 3.63) is 92.3 Å². The van der Waals surface area contributed by atoms with Crippen LogP contribution in [-0.2, 0) is 17.5 Å². The van der Waals surface area contributed by atoms with Gasteiger partial charge in [0.2, 0.25) is 5.91 Å². The molecular weight excluding hydrogens is 525 g/mol. The zero-order valence-corrected chi connectivity index (χ0v) is 19.9. The van der Waals surface area contributed by atoms with Crippen LogP contribution in [-0.4, -0.2) is 37.2 Å². The van der Waals surface area contributed by atoms with Crippen LogP contribution in [0, 0.1) is 0 Å². The molecule has 0 atom stereocenters. The Hall–Kier alpha value is -5.34. The van der Waals surface area contributed by atoms with E-state index in [2.05, 4.69) is 21.0 Å². The first-order valence-electron chi connectivity index (χ1n) is 11.1. The lowest BCUT2D eigenvalue weighted by atomic mass is 10.1. The van der Waals surface area contributed by atoms with E-state index in [1.807, 2.05) is 0 Å². The summed E-state index contributed by atoms with van der Waals surface area (Å²) in [5.41, 5.74) is -1.55. The van der Waals surface area contributed by atoms with Gasteiger partial charge < -0.3 is 25.3 Å². The number of carboxylic acids is 1. The highest BCUT2D eigenvalue weighted by Crippen LogP contribution is 2.36. The highest BCUT2D eigenvalue weighted by molar-refractivity contribution is 5.91. The van der Waals surface area contributed by atoms with Crippen LogP contribution in [0.2, 0.25) is 0 Å². The number of aromatic nitrogens is 3. The summed E-state index contributed by atoms with van der Waals surface area (Å²) in [4.78, 5) is 61.0. The van der Waals surface area contributed by atoms with Gasteiger partial charge in [0, 0.05) is 31.5 Å². The van der Waals surface area contributed by atoms with Crippen LogP contribution in [0.4, 0.5) is 23.7 Å². The van der Waals surface area contributed by atoms with Crippen molar-refractivity contribution in [3.63, 3.8) is 0 Å². The second kappa shape index (κ2) is 10.2. The third-order valence-electron chi connectivity index (χ3n) is 5.45. The maximum Gasteiger partial charge on any atom is 0.418 e. The Balaban J connectivity index is 1.62. The van der Waals surface area contributed by atoms with Crippen molar-refractivity contribution in [2.45, 2.75) is 19.6 Å². The largest absolute Gasteiger partial charge is 0.478 e. The lowest BCUT2D eigenvalue weighted by Gasteiger charge is -2.17. The average Bonchev–Trinajstić information content (AvgIpc) is 3.33. The maximum absolute atomic E-state index is 13.9. The van der Waals surface area contributed by atoms with E-state index in [1.165, 1.54) is 42.7 Å². The van der Waals surface area contributed by atoms with Crippen LogP contribution in [0.25, 0.3) is 16.7 Å². The van der Waals surface area contributed by atoms with Gasteiger partial charge in [-0.3, -0.25) is 19.8 Å². The first kappa shape index (κ1) is 26.7.